The number of nitro groups is 1. The van der Waals surface area contributed by atoms with E-state index in [-0.39, 0.29) is 23.9 Å². The second-order valence-corrected chi connectivity index (χ2v) is 3.93. The van der Waals surface area contributed by atoms with Gasteiger partial charge in [-0.25, -0.2) is 0 Å². The van der Waals surface area contributed by atoms with Crippen LogP contribution in [0.25, 0.3) is 0 Å². The molecule has 1 N–H and O–H groups in total. The highest BCUT2D eigenvalue weighted by atomic mass is 16.6. The third kappa shape index (κ3) is 3.70. The van der Waals surface area contributed by atoms with E-state index in [0.29, 0.717) is 5.69 Å². The summed E-state index contributed by atoms with van der Waals surface area (Å²) < 4.78 is 4.87. The van der Waals surface area contributed by atoms with Crippen LogP contribution in [0.2, 0.25) is 0 Å². The number of rotatable bonds is 5. The number of likely N-dealkylation sites (N-methyl/N-ethyl adjacent to an activating group) is 1. The normalized spacial score (nSPS) is 10.2. The van der Waals surface area contributed by atoms with Gasteiger partial charge >= 0.3 is 5.69 Å². The first-order chi connectivity index (χ1) is 8.43. The van der Waals surface area contributed by atoms with Crippen LogP contribution in [-0.2, 0) is 4.79 Å². The van der Waals surface area contributed by atoms with Crippen LogP contribution in [0.1, 0.15) is 0 Å². The molecule has 1 amide bonds. The van der Waals surface area contributed by atoms with E-state index >= 15 is 0 Å². The van der Waals surface area contributed by atoms with Crippen molar-refractivity contribution in [3.05, 3.63) is 28.3 Å². The van der Waals surface area contributed by atoms with Gasteiger partial charge in [-0.1, -0.05) is 0 Å². The van der Waals surface area contributed by atoms with Gasteiger partial charge in [-0.3, -0.25) is 14.9 Å². The van der Waals surface area contributed by atoms with E-state index in [1.807, 2.05) is 0 Å². The Kier molecular flexibility index (Phi) is 4.61. The molecular weight excluding hydrogens is 238 g/mol. The summed E-state index contributed by atoms with van der Waals surface area (Å²) in [4.78, 5) is 23.5. The van der Waals surface area contributed by atoms with E-state index in [2.05, 4.69) is 5.32 Å². The van der Waals surface area contributed by atoms with Crippen molar-refractivity contribution in [1.29, 1.82) is 0 Å². The van der Waals surface area contributed by atoms with Crippen molar-refractivity contribution in [3.63, 3.8) is 0 Å². The van der Waals surface area contributed by atoms with Crippen molar-refractivity contribution < 1.29 is 14.5 Å². The van der Waals surface area contributed by atoms with Gasteiger partial charge in [-0.2, -0.15) is 0 Å². The number of carbonyl (C=O) groups excluding carboxylic acids is 1. The number of methoxy groups -OCH3 is 1. The number of hydrogen-bond acceptors (Lipinski definition) is 5. The van der Waals surface area contributed by atoms with Crippen molar-refractivity contribution in [2.24, 2.45) is 0 Å². The first-order valence-electron chi connectivity index (χ1n) is 5.21. The molecule has 0 heterocycles. The SMILES string of the molecule is COc1ccc(NC(=O)CN(C)C)cc1[N+](=O)[O-]. The van der Waals surface area contributed by atoms with Crippen molar-refractivity contribution >= 4 is 17.3 Å². The second kappa shape index (κ2) is 5.97. The lowest BCUT2D eigenvalue weighted by Gasteiger charge is -2.10. The van der Waals surface area contributed by atoms with Gasteiger partial charge < -0.3 is 15.0 Å². The Morgan fingerprint density at radius 3 is 2.67 bits per heavy atom. The van der Waals surface area contributed by atoms with Crippen molar-refractivity contribution in [1.82, 2.24) is 4.90 Å². The van der Waals surface area contributed by atoms with Gasteiger partial charge in [0.15, 0.2) is 5.75 Å². The summed E-state index contributed by atoms with van der Waals surface area (Å²) in [5, 5.41) is 13.4. The van der Waals surface area contributed by atoms with Gasteiger partial charge in [0.05, 0.1) is 18.6 Å². The lowest BCUT2D eigenvalue weighted by atomic mass is 10.2. The Balaban J connectivity index is 2.88. The molecule has 98 valence electrons. The van der Waals surface area contributed by atoms with E-state index < -0.39 is 4.92 Å². The standard InChI is InChI=1S/C11H15N3O4/c1-13(2)7-11(15)12-8-4-5-10(18-3)9(6-8)14(16)17/h4-6H,7H2,1-3H3,(H,12,15). The van der Waals surface area contributed by atoms with E-state index in [0.717, 1.165) is 0 Å². The molecular formula is C11H15N3O4. The summed E-state index contributed by atoms with van der Waals surface area (Å²) in [7, 11) is 4.87. The van der Waals surface area contributed by atoms with Crippen LogP contribution in [0.15, 0.2) is 18.2 Å². The van der Waals surface area contributed by atoms with Crippen molar-refractivity contribution in [3.8, 4) is 5.75 Å². The Morgan fingerprint density at radius 1 is 1.50 bits per heavy atom. The molecule has 7 heteroatoms. The molecule has 1 aromatic rings. The third-order valence-corrected chi connectivity index (χ3v) is 2.12. The minimum Gasteiger partial charge on any atom is -0.490 e. The van der Waals surface area contributed by atoms with Crippen molar-refractivity contribution in [2.45, 2.75) is 0 Å². The molecule has 0 aliphatic heterocycles. The van der Waals surface area contributed by atoms with Gasteiger partial charge in [0, 0.05) is 11.8 Å². The number of carbonyl (C=O) groups is 1. The van der Waals surface area contributed by atoms with Gasteiger partial charge in [-0.15, -0.1) is 0 Å². The highest BCUT2D eigenvalue weighted by Crippen LogP contribution is 2.29. The second-order valence-electron chi connectivity index (χ2n) is 3.93. The van der Waals surface area contributed by atoms with E-state index in [1.54, 1.807) is 25.1 Å². The maximum absolute atomic E-state index is 11.5. The lowest BCUT2D eigenvalue weighted by molar-refractivity contribution is -0.385. The maximum atomic E-state index is 11.5. The first-order valence-corrected chi connectivity index (χ1v) is 5.21. The molecule has 1 rings (SSSR count). The first kappa shape index (κ1) is 13.9. The molecule has 0 radical (unpaired) electrons. The number of benzene rings is 1. The van der Waals surface area contributed by atoms with Crippen LogP contribution in [0, 0.1) is 10.1 Å². The molecule has 0 bridgehead atoms. The molecule has 7 nitrogen and oxygen atoms in total. The molecule has 0 aliphatic rings. The topological polar surface area (TPSA) is 84.7 Å². The highest BCUT2D eigenvalue weighted by Gasteiger charge is 2.16. The predicted octanol–water partition coefficient (Wildman–Crippen LogP) is 1.10. The molecule has 0 fully saturated rings. The lowest BCUT2D eigenvalue weighted by Crippen LogP contribution is -2.27. The molecule has 0 saturated heterocycles. The molecule has 0 aromatic heterocycles. The highest BCUT2D eigenvalue weighted by molar-refractivity contribution is 5.92. The molecule has 0 spiro atoms. The summed E-state index contributed by atoms with van der Waals surface area (Å²) in [6.07, 6.45) is 0. The zero-order valence-electron chi connectivity index (χ0n) is 10.5. The van der Waals surface area contributed by atoms with E-state index in [4.69, 9.17) is 4.74 Å². The number of anilines is 1. The fourth-order valence-corrected chi connectivity index (χ4v) is 1.40. The number of ether oxygens (including phenoxy) is 1. The summed E-state index contributed by atoms with van der Waals surface area (Å²) in [6, 6.07) is 4.27. The van der Waals surface area contributed by atoms with Crippen LogP contribution in [0.5, 0.6) is 5.75 Å². The Labute approximate surface area is 104 Å². The Morgan fingerprint density at radius 2 is 2.17 bits per heavy atom. The molecule has 0 aliphatic carbocycles. The minimum atomic E-state index is -0.555. The van der Waals surface area contributed by atoms with Gasteiger partial charge in [-0.05, 0) is 26.2 Å². The summed E-state index contributed by atoms with van der Waals surface area (Å²) in [5.74, 6) is -0.0786. The number of nitro benzene ring substituents is 1. The predicted molar refractivity (Wildman–Crippen MR) is 66.8 cm³/mol. The zero-order chi connectivity index (χ0) is 13.7. The third-order valence-electron chi connectivity index (χ3n) is 2.12. The van der Waals surface area contributed by atoms with Gasteiger partial charge in [0.2, 0.25) is 5.91 Å². The Bertz CT molecular complexity index is 460. The number of nitrogens with one attached hydrogen (secondary N) is 1. The molecule has 0 atom stereocenters. The summed E-state index contributed by atoms with van der Waals surface area (Å²) >= 11 is 0. The minimum absolute atomic E-state index is 0.158. The number of nitrogens with zero attached hydrogens (tertiary/aromatic N) is 2. The van der Waals surface area contributed by atoms with Crippen LogP contribution in [0.3, 0.4) is 0 Å². The van der Waals surface area contributed by atoms with Crippen LogP contribution in [-0.4, -0.2) is 43.5 Å². The van der Waals surface area contributed by atoms with Crippen LogP contribution >= 0.6 is 0 Å². The largest absolute Gasteiger partial charge is 0.490 e. The van der Waals surface area contributed by atoms with Crippen LogP contribution in [0.4, 0.5) is 11.4 Å². The smallest absolute Gasteiger partial charge is 0.312 e. The van der Waals surface area contributed by atoms with Crippen molar-refractivity contribution in [2.75, 3.05) is 33.1 Å². The Hall–Kier alpha value is -2.15. The quantitative estimate of drug-likeness (QED) is 0.627. The maximum Gasteiger partial charge on any atom is 0.312 e. The van der Waals surface area contributed by atoms with Gasteiger partial charge in [0.25, 0.3) is 0 Å². The molecule has 0 saturated carbocycles. The fourth-order valence-electron chi connectivity index (χ4n) is 1.40. The van der Waals surface area contributed by atoms with E-state index in [9.17, 15) is 14.9 Å². The summed E-state index contributed by atoms with van der Waals surface area (Å²) in [6.45, 7) is 0.208. The molecule has 18 heavy (non-hydrogen) atoms. The number of amides is 1. The average molecular weight is 253 g/mol. The fraction of sp³-hybridized carbons (Fsp3) is 0.364. The molecule has 0 unspecified atom stereocenters. The summed E-state index contributed by atoms with van der Waals surface area (Å²) in [5.41, 5.74) is 0.189. The van der Waals surface area contributed by atoms with E-state index in [1.165, 1.54) is 19.2 Å². The average Bonchev–Trinajstić information content (AvgIpc) is 2.27. The number of hydrogen-bond donors (Lipinski definition) is 1. The molecule has 1 aromatic carbocycles. The van der Waals surface area contributed by atoms with Gasteiger partial charge in [0.1, 0.15) is 0 Å². The zero-order valence-corrected chi connectivity index (χ0v) is 10.5. The van der Waals surface area contributed by atoms with Crippen LogP contribution < -0.4 is 10.1 Å². The monoisotopic (exact) mass is 253 g/mol.